The van der Waals surface area contributed by atoms with Crippen LogP contribution >= 0.6 is 11.6 Å². The van der Waals surface area contributed by atoms with Crippen LogP contribution in [-0.2, 0) is 28.7 Å². The molecule has 0 bridgehead atoms. The first-order valence-corrected chi connectivity index (χ1v) is 21.2. The highest BCUT2D eigenvalue weighted by Gasteiger charge is 2.32. The summed E-state index contributed by atoms with van der Waals surface area (Å²) in [6.07, 6.45) is 6.65. The van der Waals surface area contributed by atoms with Crippen molar-refractivity contribution in [1.29, 1.82) is 0 Å². The number of aryl methyl sites for hydroxylation is 1. The fourth-order valence-corrected chi connectivity index (χ4v) is 9.35. The summed E-state index contributed by atoms with van der Waals surface area (Å²) in [5, 5.41) is 2.94. The molecule has 2 aromatic heterocycles. The largest absolute Gasteiger partial charge is 0.487 e. The van der Waals surface area contributed by atoms with Gasteiger partial charge < -0.3 is 19.4 Å². The Morgan fingerprint density at radius 3 is 2.35 bits per heavy atom. The van der Waals surface area contributed by atoms with Gasteiger partial charge in [0, 0.05) is 74.6 Å². The predicted molar refractivity (Wildman–Crippen MR) is 234 cm³/mol. The van der Waals surface area contributed by atoms with Crippen LogP contribution in [0, 0.1) is 12.5 Å². The molecule has 3 aliphatic heterocycles. The number of nitrogens with zero attached hydrogens (tertiary/aromatic N) is 8. The number of hydrogen-bond acceptors (Lipinski definition) is 9. The Morgan fingerprint density at radius 1 is 0.900 bits per heavy atom. The van der Waals surface area contributed by atoms with Crippen molar-refractivity contribution in [2.24, 2.45) is 13.0 Å². The number of aromatic nitrogens is 4. The molecule has 1 atom stereocenters. The van der Waals surface area contributed by atoms with E-state index in [-0.39, 0.29) is 23.4 Å². The Labute approximate surface area is 355 Å². The molecule has 3 aliphatic rings. The van der Waals surface area contributed by atoms with Gasteiger partial charge in [0.05, 0.1) is 23.3 Å². The monoisotopic (exact) mass is 829 g/mol. The van der Waals surface area contributed by atoms with E-state index < -0.39 is 11.9 Å². The van der Waals surface area contributed by atoms with Crippen LogP contribution in [0.4, 0.5) is 17.3 Å². The molecule has 2 amide bonds. The SMILES string of the molecule is [C-]#[N+]c1cc(Cl)cc(C(C)(C)c2ccc(OCc3ccnc(N4CCC(CN(C)C5CCN(c6ccc7c(c6)n(C)c(=O)n7C6CCC(=O)NC6=O)CC5)CC4)n3)cc2)c1. The van der Waals surface area contributed by atoms with E-state index in [0.29, 0.717) is 41.2 Å². The molecule has 5 aromatic rings. The number of amides is 2. The third-order valence-electron chi connectivity index (χ3n) is 12.9. The number of benzene rings is 3. The van der Waals surface area contributed by atoms with Crippen molar-refractivity contribution in [3.05, 3.63) is 117 Å². The minimum absolute atomic E-state index is 0.222. The molecule has 14 heteroatoms. The number of carbonyl (C=O) groups excluding carboxylic acids is 2. The molecule has 60 heavy (non-hydrogen) atoms. The van der Waals surface area contributed by atoms with Gasteiger partial charge in [-0.15, -0.1) is 0 Å². The molecule has 3 fully saturated rings. The molecular weight excluding hydrogens is 778 g/mol. The van der Waals surface area contributed by atoms with Crippen LogP contribution in [0.2, 0.25) is 5.02 Å². The molecule has 0 radical (unpaired) electrons. The number of carbonyl (C=O) groups is 2. The lowest BCUT2D eigenvalue weighted by Crippen LogP contribution is -2.46. The second-order valence-corrected chi connectivity index (χ2v) is 17.5. The maximum absolute atomic E-state index is 13.3. The summed E-state index contributed by atoms with van der Waals surface area (Å²) >= 11 is 6.32. The highest BCUT2D eigenvalue weighted by Crippen LogP contribution is 2.36. The summed E-state index contributed by atoms with van der Waals surface area (Å²) in [5.74, 6) is 1.40. The number of imide groups is 1. The van der Waals surface area contributed by atoms with Gasteiger partial charge in [-0.2, -0.15) is 0 Å². The number of fused-ring (bicyclic) bond motifs is 1. The lowest BCUT2D eigenvalue weighted by atomic mass is 9.78. The van der Waals surface area contributed by atoms with Crippen molar-refractivity contribution in [3.63, 3.8) is 0 Å². The summed E-state index contributed by atoms with van der Waals surface area (Å²) in [6.45, 7) is 16.8. The highest BCUT2D eigenvalue weighted by molar-refractivity contribution is 6.31. The zero-order chi connectivity index (χ0) is 42.1. The van der Waals surface area contributed by atoms with Crippen LogP contribution in [0.5, 0.6) is 5.75 Å². The summed E-state index contributed by atoms with van der Waals surface area (Å²) in [5.41, 5.74) is 5.43. The average molecular weight is 830 g/mol. The maximum atomic E-state index is 13.3. The molecule has 8 rings (SSSR count). The third-order valence-corrected chi connectivity index (χ3v) is 13.1. The maximum Gasteiger partial charge on any atom is 0.329 e. The standard InChI is InChI=1S/C46H52ClN9O4/c1-46(2,32-24-33(47)26-35(25-32)48-3)31-6-9-38(10-7-31)60-29-34-14-19-49-44(50-34)55-20-15-30(16-21-55)28-52(4)36-17-22-54(23-18-36)37-8-11-39-41(27-37)53(5)45(59)56(39)40-12-13-42(57)51-43(40)58/h6-11,14,19,24-27,30,36,40H,12-13,15-18,20-23,28-29H2,1-2,4-5H3,(H,51,57,58). The first-order valence-electron chi connectivity index (χ1n) is 20.9. The Bertz CT molecular complexity index is 2490. The van der Waals surface area contributed by atoms with Gasteiger partial charge >= 0.3 is 5.69 Å². The molecule has 1 N–H and O–H groups in total. The van der Waals surface area contributed by atoms with Gasteiger partial charge in [-0.1, -0.05) is 43.6 Å². The van der Waals surface area contributed by atoms with Gasteiger partial charge in [-0.25, -0.2) is 19.6 Å². The molecule has 0 saturated carbocycles. The molecule has 13 nitrogen and oxygen atoms in total. The second-order valence-electron chi connectivity index (χ2n) is 17.0. The number of hydrogen-bond donors (Lipinski definition) is 1. The zero-order valence-electron chi connectivity index (χ0n) is 34.7. The smallest absolute Gasteiger partial charge is 0.329 e. The number of piperidine rings is 3. The average Bonchev–Trinajstić information content (AvgIpc) is 3.50. The lowest BCUT2D eigenvalue weighted by molar-refractivity contribution is -0.135. The van der Waals surface area contributed by atoms with E-state index in [2.05, 4.69) is 68.9 Å². The van der Waals surface area contributed by atoms with E-state index in [1.54, 1.807) is 17.7 Å². The van der Waals surface area contributed by atoms with Crippen LogP contribution in [-0.4, -0.2) is 81.6 Å². The Kier molecular flexibility index (Phi) is 11.7. The van der Waals surface area contributed by atoms with Crippen molar-refractivity contribution in [1.82, 2.24) is 29.3 Å². The first-order chi connectivity index (χ1) is 28.9. The van der Waals surface area contributed by atoms with E-state index in [4.69, 9.17) is 27.9 Å². The van der Waals surface area contributed by atoms with Crippen molar-refractivity contribution in [2.75, 3.05) is 49.6 Å². The van der Waals surface area contributed by atoms with Crippen LogP contribution < -0.4 is 25.5 Å². The first kappa shape index (κ1) is 41.0. The van der Waals surface area contributed by atoms with Gasteiger partial charge in [-0.05, 0) is 105 Å². The van der Waals surface area contributed by atoms with E-state index in [9.17, 15) is 14.4 Å². The van der Waals surface area contributed by atoms with Crippen molar-refractivity contribution in [2.45, 2.75) is 76.5 Å². The van der Waals surface area contributed by atoms with Gasteiger partial charge in [-0.3, -0.25) is 24.0 Å². The van der Waals surface area contributed by atoms with E-state index in [1.165, 1.54) is 4.57 Å². The third kappa shape index (κ3) is 8.49. The van der Waals surface area contributed by atoms with Gasteiger partial charge in [0.15, 0.2) is 5.69 Å². The van der Waals surface area contributed by atoms with E-state index >= 15 is 0 Å². The summed E-state index contributed by atoms with van der Waals surface area (Å²) < 4.78 is 9.30. The minimum Gasteiger partial charge on any atom is -0.487 e. The number of anilines is 2. The van der Waals surface area contributed by atoms with Crippen molar-refractivity contribution >= 4 is 51.8 Å². The molecule has 3 saturated heterocycles. The molecule has 0 aliphatic carbocycles. The highest BCUT2D eigenvalue weighted by atomic mass is 35.5. The quantitative estimate of drug-likeness (QED) is 0.111. The lowest BCUT2D eigenvalue weighted by Gasteiger charge is -2.40. The summed E-state index contributed by atoms with van der Waals surface area (Å²) in [6, 6.07) is 21.3. The molecule has 312 valence electrons. The predicted octanol–water partition coefficient (Wildman–Crippen LogP) is 7.03. The molecular formula is C46H52ClN9O4. The Balaban J connectivity index is 0.801. The Morgan fingerprint density at radius 2 is 1.63 bits per heavy atom. The second kappa shape index (κ2) is 17.1. The number of ether oxygens (including phenoxy) is 1. The number of rotatable bonds is 11. The molecule has 3 aromatic carbocycles. The Hall–Kier alpha value is -5.71. The molecule has 1 unspecified atom stereocenters. The summed E-state index contributed by atoms with van der Waals surface area (Å²) in [7, 11) is 4.00. The fourth-order valence-electron chi connectivity index (χ4n) is 9.12. The van der Waals surface area contributed by atoms with Crippen LogP contribution in [0.25, 0.3) is 15.9 Å². The van der Waals surface area contributed by atoms with Gasteiger partial charge in [0.1, 0.15) is 18.4 Å². The van der Waals surface area contributed by atoms with Crippen LogP contribution in [0.3, 0.4) is 0 Å². The van der Waals surface area contributed by atoms with Gasteiger partial charge in [0.2, 0.25) is 17.8 Å². The van der Waals surface area contributed by atoms with Crippen molar-refractivity contribution < 1.29 is 14.3 Å². The minimum atomic E-state index is -0.687. The topological polar surface area (TPSA) is 122 Å². The van der Waals surface area contributed by atoms with E-state index in [0.717, 1.165) is 98.1 Å². The number of imidazole rings is 1. The summed E-state index contributed by atoms with van der Waals surface area (Å²) in [4.78, 5) is 57.9. The van der Waals surface area contributed by atoms with Crippen LogP contribution in [0.1, 0.15) is 75.2 Å². The fraction of sp³-hybridized carbons (Fsp3) is 0.435. The molecule has 0 spiro atoms. The molecule has 5 heterocycles. The normalized spacial score (nSPS) is 18.2. The number of nitrogens with one attached hydrogen (secondary N) is 1. The number of halogens is 1. The van der Waals surface area contributed by atoms with Crippen LogP contribution in [0.15, 0.2) is 77.7 Å². The van der Waals surface area contributed by atoms with Gasteiger partial charge in [0.25, 0.3) is 0 Å². The zero-order valence-corrected chi connectivity index (χ0v) is 35.5. The van der Waals surface area contributed by atoms with Crippen molar-refractivity contribution in [3.8, 4) is 5.75 Å². The van der Waals surface area contributed by atoms with E-state index in [1.807, 2.05) is 48.7 Å².